The van der Waals surface area contributed by atoms with Crippen molar-refractivity contribution in [1.82, 2.24) is 4.57 Å². The third-order valence-electron chi connectivity index (χ3n) is 2.85. The van der Waals surface area contributed by atoms with Crippen LogP contribution in [0.2, 0.25) is 5.02 Å². The number of ketones is 2. The van der Waals surface area contributed by atoms with E-state index in [-0.39, 0.29) is 18.1 Å². The molecule has 0 unspecified atom stereocenters. The van der Waals surface area contributed by atoms with Gasteiger partial charge >= 0.3 is 0 Å². The number of halogens is 1. The van der Waals surface area contributed by atoms with Crippen LogP contribution in [0.25, 0.3) is 0 Å². The Morgan fingerprint density at radius 3 is 2.42 bits per heavy atom. The van der Waals surface area contributed by atoms with Gasteiger partial charge in [-0.1, -0.05) is 11.6 Å². The highest BCUT2D eigenvalue weighted by Crippen LogP contribution is 2.16. The lowest BCUT2D eigenvalue weighted by Gasteiger charge is -2.02. The van der Waals surface area contributed by atoms with Gasteiger partial charge in [-0.3, -0.25) is 9.59 Å². The summed E-state index contributed by atoms with van der Waals surface area (Å²) in [6, 6.07) is 8.18. The highest BCUT2D eigenvalue weighted by molar-refractivity contribution is 6.30. The third kappa shape index (κ3) is 2.75. The molecule has 5 heteroatoms. The molecule has 0 atom stereocenters. The van der Waals surface area contributed by atoms with Gasteiger partial charge in [0.2, 0.25) is 5.78 Å². The second-order valence-corrected chi connectivity index (χ2v) is 4.62. The molecule has 1 aromatic carbocycles. The van der Waals surface area contributed by atoms with Crippen molar-refractivity contribution in [2.24, 2.45) is 12.8 Å². The van der Waals surface area contributed by atoms with Crippen LogP contribution in [-0.2, 0) is 7.05 Å². The van der Waals surface area contributed by atoms with Crippen molar-refractivity contribution in [3.8, 4) is 0 Å². The van der Waals surface area contributed by atoms with Gasteiger partial charge in [-0.2, -0.15) is 0 Å². The van der Waals surface area contributed by atoms with Gasteiger partial charge in [0, 0.05) is 29.4 Å². The molecule has 2 N–H and O–H groups in total. The number of hydrogen-bond acceptors (Lipinski definition) is 3. The van der Waals surface area contributed by atoms with Crippen LogP contribution in [0.1, 0.15) is 26.4 Å². The number of aryl methyl sites for hydroxylation is 1. The Hall–Kier alpha value is -1.91. The molecule has 0 saturated heterocycles. The van der Waals surface area contributed by atoms with Crippen LogP contribution < -0.4 is 5.73 Å². The summed E-state index contributed by atoms with van der Waals surface area (Å²) >= 11 is 5.78. The van der Waals surface area contributed by atoms with Gasteiger partial charge in [0.15, 0.2) is 5.78 Å². The molecule has 1 heterocycles. The van der Waals surface area contributed by atoms with E-state index in [0.29, 0.717) is 21.8 Å². The number of benzene rings is 1. The summed E-state index contributed by atoms with van der Waals surface area (Å²) < 4.78 is 1.62. The van der Waals surface area contributed by atoms with E-state index >= 15 is 0 Å². The minimum absolute atomic E-state index is 0.0708. The maximum Gasteiger partial charge on any atom is 0.209 e. The first kappa shape index (κ1) is 13.5. The minimum atomic E-state index is -0.189. The number of aromatic nitrogens is 1. The van der Waals surface area contributed by atoms with Crippen molar-refractivity contribution in [2.45, 2.75) is 0 Å². The average molecular weight is 277 g/mol. The normalized spacial score (nSPS) is 10.5. The largest absolute Gasteiger partial charge is 0.347 e. The average Bonchev–Trinajstić information content (AvgIpc) is 2.80. The summed E-state index contributed by atoms with van der Waals surface area (Å²) in [5, 5.41) is 0.572. The van der Waals surface area contributed by atoms with Gasteiger partial charge in [0.1, 0.15) is 0 Å². The minimum Gasteiger partial charge on any atom is -0.347 e. The second-order valence-electron chi connectivity index (χ2n) is 4.19. The van der Waals surface area contributed by atoms with Crippen LogP contribution in [0.4, 0.5) is 0 Å². The fraction of sp³-hybridized carbons (Fsp3) is 0.143. The molecule has 98 valence electrons. The summed E-state index contributed by atoms with van der Waals surface area (Å²) in [5.41, 5.74) is 6.72. The van der Waals surface area contributed by atoms with Crippen molar-refractivity contribution in [1.29, 1.82) is 0 Å². The number of nitrogens with two attached hydrogens (primary N) is 1. The Bertz CT molecular complexity index is 629. The van der Waals surface area contributed by atoms with Crippen LogP contribution >= 0.6 is 11.6 Å². The Balaban J connectivity index is 2.36. The molecule has 1 aromatic heterocycles. The molecular weight excluding hydrogens is 264 g/mol. The van der Waals surface area contributed by atoms with Gasteiger partial charge in [-0.15, -0.1) is 0 Å². The van der Waals surface area contributed by atoms with Crippen molar-refractivity contribution in [3.63, 3.8) is 0 Å². The monoisotopic (exact) mass is 276 g/mol. The van der Waals surface area contributed by atoms with E-state index in [1.165, 1.54) is 0 Å². The molecule has 0 spiro atoms. The molecule has 0 aliphatic carbocycles. The third-order valence-corrected chi connectivity index (χ3v) is 3.10. The molecule has 0 aliphatic heterocycles. The number of hydrogen-bond donors (Lipinski definition) is 1. The van der Waals surface area contributed by atoms with Crippen LogP contribution in [0.15, 0.2) is 36.5 Å². The summed E-state index contributed by atoms with van der Waals surface area (Å²) in [5.74, 6) is -0.346. The Morgan fingerprint density at radius 1 is 1.21 bits per heavy atom. The molecule has 0 bridgehead atoms. The number of carbonyl (C=O) groups is 2. The van der Waals surface area contributed by atoms with Gasteiger partial charge in [0.25, 0.3) is 0 Å². The fourth-order valence-corrected chi connectivity index (χ4v) is 1.94. The smallest absolute Gasteiger partial charge is 0.209 e. The first-order valence-electron chi connectivity index (χ1n) is 5.73. The highest BCUT2D eigenvalue weighted by Gasteiger charge is 2.16. The van der Waals surface area contributed by atoms with Crippen LogP contribution in [0, 0.1) is 0 Å². The fourth-order valence-electron chi connectivity index (χ4n) is 1.81. The zero-order chi connectivity index (χ0) is 14.0. The Morgan fingerprint density at radius 2 is 1.84 bits per heavy atom. The zero-order valence-electron chi connectivity index (χ0n) is 10.4. The highest BCUT2D eigenvalue weighted by atomic mass is 35.5. The summed E-state index contributed by atoms with van der Waals surface area (Å²) in [4.78, 5) is 23.8. The Kier molecular flexibility index (Phi) is 3.83. The van der Waals surface area contributed by atoms with E-state index in [9.17, 15) is 9.59 Å². The molecule has 0 aliphatic rings. The standard InChI is InChI=1S/C14H13ClN2O2/c1-17-8-10(13(18)7-16)6-12(17)14(19)9-2-4-11(15)5-3-9/h2-6,8H,7,16H2,1H3. The summed E-state index contributed by atoms with van der Waals surface area (Å²) in [7, 11) is 1.72. The van der Waals surface area contributed by atoms with E-state index in [4.69, 9.17) is 17.3 Å². The van der Waals surface area contributed by atoms with Crippen LogP contribution in [0.3, 0.4) is 0 Å². The SMILES string of the molecule is Cn1cc(C(=O)CN)cc1C(=O)c1ccc(Cl)cc1. The van der Waals surface area contributed by atoms with Gasteiger partial charge in [-0.05, 0) is 30.3 Å². The molecular formula is C14H13ClN2O2. The molecule has 2 rings (SSSR count). The van der Waals surface area contributed by atoms with E-state index < -0.39 is 0 Å². The second kappa shape index (κ2) is 5.38. The van der Waals surface area contributed by atoms with E-state index in [0.717, 1.165) is 0 Å². The van der Waals surface area contributed by atoms with E-state index in [2.05, 4.69) is 0 Å². The summed E-state index contributed by atoms with van der Waals surface area (Å²) in [6.45, 7) is -0.0708. The molecule has 4 nitrogen and oxygen atoms in total. The maximum absolute atomic E-state index is 12.3. The van der Waals surface area contributed by atoms with Crippen LogP contribution in [-0.4, -0.2) is 22.7 Å². The van der Waals surface area contributed by atoms with Gasteiger partial charge in [-0.25, -0.2) is 0 Å². The Labute approximate surface area is 115 Å². The van der Waals surface area contributed by atoms with Crippen LogP contribution in [0.5, 0.6) is 0 Å². The lowest BCUT2D eigenvalue weighted by Crippen LogP contribution is -2.12. The van der Waals surface area contributed by atoms with Gasteiger partial charge < -0.3 is 10.3 Å². The predicted octanol–water partition coefficient (Wildman–Crippen LogP) is 2.05. The van der Waals surface area contributed by atoms with E-state index in [1.54, 1.807) is 48.1 Å². The first-order valence-corrected chi connectivity index (χ1v) is 6.10. The number of nitrogens with zero attached hydrogens (tertiary/aromatic N) is 1. The molecule has 0 fully saturated rings. The molecule has 19 heavy (non-hydrogen) atoms. The number of carbonyl (C=O) groups excluding carboxylic acids is 2. The maximum atomic E-state index is 12.3. The summed E-state index contributed by atoms with van der Waals surface area (Å²) in [6.07, 6.45) is 1.61. The molecule has 0 radical (unpaired) electrons. The first-order chi connectivity index (χ1) is 9.02. The zero-order valence-corrected chi connectivity index (χ0v) is 11.1. The topological polar surface area (TPSA) is 65.1 Å². The van der Waals surface area contributed by atoms with Crippen molar-refractivity contribution >= 4 is 23.2 Å². The van der Waals surface area contributed by atoms with Crippen molar-refractivity contribution in [2.75, 3.05) is 6.54 Å². The molecule has 0 saturated carbocycles. The van der Waals surface area contributed by atoms with E-state index in [1.807, 2.05) is 0 Å². The van der Waals surface area contributed by atoms with Crippen molar-refractivity contribution < 1.29 is 9.59 Å². The lowest BCUT2D eigenvalue weighted by atomic mass is 10.1. The molecule has 2 aromatic rings. The van der Waals surface area contributed by atoms with Gasteiger partial charge in [0.05, 0.1) is 12.2 Å². The number of rotatable bonds is 4. The van der Waals surface area contributed by atoms with Crippen molar-refractivity contribution in [3.05, 3.63) is 58.4 Å². The predicted molar refractivity (Wildman–Crippen MR) is 73.7 cm³/mol. The quantitative estimate of drug-likeness (QED) is 0.869. The lowest BCUT2D eigenvalue weighted by molar-refractivity contribution is 0.100. The molecule has 0 amide bonds. The number of Topliss-reactive ketones (excluding diaryl/α,β-unsaturated/α-hetero) is 1.